The van der Waals surface area contributed by atoms with Crippen LogP contribution in [0.25, 0.3) is 11.1 Å². The van der Waals surface area contributed by atoms with E-state index in [4.69, 9.17) is 14.6 Å². The summed E-state index contributed by atoms with van der Waals surface area (Å²) < 4.78 is 41.2. The van der Waals surface area contributed by atoms with Crippen LogP contribution in [0, 0.1) is 17.6 Å². The van der Waals surface area contributed by atoms with Crippen molar-refractivity contribution < 1.29 is 33.0 Å². The molecular weight excluding hydrogens is 550 g/mol. The lowest BCUT2D eigenvalue weighted by Gasteiger charge is -2.29. The molecule has 0 heterocycles. The summed E-state index contributed by atoms with van der Waals surface area (Å²) in [6.45, 7) is 10.1. The van der Waals surface area contributed by atoms with Gasteiger partial charge in [-0.2, -0.15) is 0 Å². The Kier molecular flexibility index (Phi) is 13.6. The Labute approximate surface area is 255 Å². The molecule has 0 amide bonds. The van der Waals surface area contributed by atoms with Gasteiger partial charge in [-0.3, -0.25) is 0 Å². The van der Waals surface area contributed by atoms with Crippen molar-refractivity contribution >= 4 is 11.9 Å². The van der Waals surface area contributed by atoms with Crippen LogP contribution in [0.15, 0.2) is 60.7 Å². The van der Waals surface area contributed by atoms with Gasteiger partial charge in [0.25, 0.3) is 0 Å². The fraction of sp³-hybridized carbons (Fsp3) is 0.500. The van der Waals surface area contributed by atoms with Crippen molar-refractivity contribution in [2.24, 2.45) is 5.92 Å². The van der Waals surface area contributed by atoms with Gasteiger partial charge in [-0.15, -0.1) is 0 Å². The number of unbranched alkanes of at least 4 members (excludes halogenated alkanes) is 3. The van der Waals surface area contributed by atoms with Crippen LogP contribution in [0.2, 0.25) is 0 Å². The van der Waals surface area contributed by atoms with Crippen LogP contribution in [-0.2, 0) is 19.1 Å². The minimum absolute atomic E-state index is 0.0516. The highest BCUT2D eigenvalue weighted by molar-refractivity contribution is 5.88. The number of aliphatic hydroxyl groups excluding tert-OH is 1. The molecule has 5 nitrogen and oxygen atoms in total. The summed E-state index contributed by atoms with van der Waals surface area (Å²) in [5, 5.41) is 9.06. The average Bonchev–Trinajstić information content (AvgIpc) is 3.00. The highest BCUT2D eigenvalue weighted by atomic mass is 19.1. The molecule has 234 valence electrons. The van der Waals surface area contributed by atoms with E-state index in [0.717, 1.165) is 31.6 Å². The molecule has 0 spiro atoms. The van der Waals surface area contributed by atoms with Crippen molar-refractivity contribution in [1.82, 2.24) is 0 Å². The van der Waals surface area contributed by atoms with E-state index in [1.807, 2.05) is 0 Å². The number of hydrogen-bond acceptors (Lipinski definition) is 5. The second kappa shape index (κ2) is 17.1. The quantitative estimate of drug-likeness (QED) is 0.119. The largest absolute Gasteiger partial charge is 0.462 e. The predicted octanol–water partition coefficient (Wildman–Crippen LogP) is 8.56. The summed E-state index contributed by atoms with van der Waals surface area (Å²) in [6, 6.07) is 9.65. The minimum atomic E-state index is -0.734. The highest BCUT2D eigenvalue weighted by Crippen LogP contribution is 2.40. The smallest absolute Gasteiger partial charge is 0.335 e. The summed E-state index contributed by atoms with van der Waals surface area (Å²) in [5.41, 5.74) is 2.13. The van der Waals surface area contributed by atoms with Gasteiger partial charge in [0.1, 0.15) is 11.6 Å². The zero-order valence-corrected chi connectivity index (χ0v) is 25.6. The number of aliphatic hydroxyl groups is 1. The topological polar surface area (TPSA) is 72.8 Å². The summed E-state index contributed by atoms with van der Waals surface area (Å²) >= 11 is 0. The minimum Gasteiger partial charge on any atom is -0.462 e. The van der Waals surface area contributed by atoms with E-state index in [2.05, 4.69) is 20.1 Å². The summed E-state index contributed by atoms with van der Waals surface area (Å²) in [4.78, 5) is 23.9. The average molecular weight is 597 g/mol. The van der Waals surface area contributed by atoms with Crippen molar-refractivity contribution in [1.29, 1.82) is 0 Å². The summed E-state index contributed by atoms with van der Waals surface area (Å²) in [7, 11) is 0. The van der Waals surface area contributed by atoms with Gasteiger partial charge in [0, 0.05) is 17.1 Å². The summed E-state index contributed by atoms with van der Waals surface area (Å²) in [6.07, 6.45) is 10.8. The van der Waals surface area contributed by atoms with Gasteiger partial charge in [-0.1, -0.05) is 76.5 Å². The van der Waals surface area contributed by atoms with Crippen LogP contribution in [0.5, 0.6) is 0 Å². The van der Waals surface area contributed by atoms with Crippen molar-refractivity contribution in [2.75, 3.05) is 19.8 Å². The van der Waals surface area contributed by atoms with Crippen molar-refractivity contribution in [3.63, 3.8) is 0 Å². The van der Waals surface area contributed by atoms with Gasteiger partial charge in [-0.25, -0.2) is 18.4 Å². The first kappa shape index (κ1) is 34.2. The standard InChI is InChI=1S/C36H46F2O5/c1-5-6-7-8-9-26-10-12-27(13-11-26)31-17-15-29(21-34(31)38)32-16-14-28(20-33(32)37)30(23-43-35(40)24(2)3)18-19-42-36(41)25(4)22-39/h14-17,20-21,26-27,30,39H,2,4-13,18-19,22-23H2,1,3H3. The fourth-order valence-corrected chi connectivity index (χ4v) is 5.77. The second-order valence-electron chi connectivity index (χ2n) is 11.8. The SMILES string of the molecule is C=C(C)C(=O)OCC(CCOC(=O)C(=C)CO)c1ccc(-c2ccc(C3CCC(CCCCCC)CC3)c(F)c2)c(F)c1. The Morgan fingerprint density at radius 2 is 1.70 bits per heavy atom. The number of carbonyl (C=O) groups excluding carboxylic acids is 2. The Morgan fingerprint density at radius 1 is 0.953 bits per heavy atom. The molecule has 0 aromatic heterocycles. The molecule has 1 unspecified atom stereocenters. The Bertz CT molecular complexity index is 1260. The van der Waals surface area contributed by atoms with Crippen LogP contribution in [0.4, 0.5) is 8.78 Å². The van der Waals surface area contributed by atoms with E-state index in [9.17, 15) is 9.59 Å². The molecule has 1 aliphatic rings. The maximum absolute atomic E-state index is 15.4. The normalized spacial score (nSPS) is 17.2. The number of carbonyl (C=O) groups is 2. The zero-order chi connectivity index (χ0) is 31.4. The molecule has 1 N–H and O–H groups in total. The lowest BCUT2D eigenvalue weighted by atomic mass is 9.76. The molecule has 3 rings (SSSR count). The van der Waals surface area contributed by atoms with Gasteiger partial charge in [0.05, 0.1) is 25.4 Å². The number of halogens is 2. The van der Waals surface area contributed by atoms with Crippen molar-refractivity contribution in [3.8, 4) is 11.1 Å². The van der Waals surface area contributed by atoms with Crippen LogP contribution in [-0.4, -0.2) is 36.9 Å². The molecule has 1 fully saturated rings. The van der Waals surface area contributed by atoms with E-state index in [-0.39, 0.29) is 48.1 Å². The number of ether oxygens (including phenoxy) is 2. The monoisotopic (exact) mass is 596 g/mol. The number of rotatable bonds is 16. The van der Waals surface area contributed by atoms with Crippen LogP contribution < -0.4 is 0 Å². The maximum Gasteiger partial charge on any atom is 0.335 e. The third-order valence-corrected chi connectivity index (χ3v) is 8.47. The van der Waals surface area contributed by atoms with E-state index in [0.29, 0.717) is 16.7 Å². The third kappa shape index (κ3) is 10.1. The van der Waals surface area contributed by atoms with Crippen molar-refractivity contribution in [2.45, 2.75) is 89.9 Å². The van der Waals surface area contributed by atoms with Gasteiger partial charge in [-0.05, 0) is 79.7 Å². The Hall–Kier alpha value is -3.32. The van der Waals surface area contributed by atoms with E-state index < -0.39 is 30.3 Å². The van der Waals surface area contributed by atoms with Crippen molar-refractivity contribution in [3.05, 3.63) is 83.5 Å². The van der Waals surface area contributed by atoms with Crippen LogP contribution in [0.3, 0.4) is 0 Å². The number of benzene rings is 2. The fourth-order valence-electron chi connectivity index (χ4n) is 5.77. The molecular formula is C36H46F2O5. The van der Waals surface area contributed by atoms with Gasteiger partial charge in [0.15, 0.2) is 0 Å². The Balaban J connectivity index is 1.68. The maximum atomic E-state index is 15.4. The molecule has 0 radical (unpaired) electrons. The van der Waals surface area contributed by atoms with Crippen LogP contribution >= 0.6 is 0 Å². The molecule has 2 aromatic rings. The zero-order valence-electron chi connectivity index (χ0n) is 25.6. The summed E-state index contributed by atoms with van der Waals surface area (Å²) in [5.74, 6) is -1.70. The lowest BCUT2D eigenvalue weighted by molar-refractivity contribution is -0.142. The highest BCUT2D eigenvalue weighted by Gasteiger charge is 2.25. The van der Waals surface area contributed by atoms with E-state index >= 15 is 8.78 Å². The Morgan fingerprint density at radius 3 is 2.33 bits per heavy atom. The van der Waals surface area contributed by atoms with Crippen LogP contribution in [0.1, 0.15) is 101 Å². The third-order valence-electron chi connectivity index (χ3n) is 8.47. The molecule has 2 aromatic carbocycles. The molecule has 1 aliphatic carbocycles. The van der Waals surface area contributed by atoms with Gasteiger partial charge >= 0.3 is 11.9 Å². The van der Waals surface area contributed by atoms with Gasteiger partial charge < -0.3 is 14.6 Å². The number of hydrogen-bond donors (Lipinski definition) is 1. The molecule has 7 heteroatoms. The first-order chi connectivity index (χ1) is 20.6. The molecule has 43 heavy (non-hydrogen) atoms. The number of esters is 2. The molecule has 1 saturated carbocycles. The molecule has 0 bridgehead atoms. The van der Waals surface area contributed by atoms with Gasteiger partial charge in [0.2, 0.25) is 0 Å². The predicted molar refractivity (Wildman–Crippen MR) is 166 cm³/mol. The van der Waals surface area contributed by atoms with E-state index in [1.165, 1.54) is 51.2 Å². The first-order valence-corrected chi connectivity index (χ1v) is 15.5. The molecule has 1 atom stereocenters. The molecule has 0 aliphatic heterocycles. The van der Waals surface area contributed by atoms with E-state index in [1.54, 1.807) is 24.3 Å². The molecule has 0 saturated heterocycles. The first-order valence-electron chi connectivity index (χ1n) is 15.5. The second-order valence-corrected chi connectivity index (χ2v) is 11.8. The lowest BCUT2D eigenvalue weighted by Crippen LogP contribution is -2.17.